The molecule has 104 valence electrons. The van der Waals surface area contributed by atoms with Crippen molar-refractivity contribution in [2.75, 3.05) is 12.0 Å². The molecule has 2 bridgehead atoms. The van der Waals surface area contributed by atoms with Crippen molar-refractivity contribution in [2.24, 2.45) is 23.5 Å². The van der Waals surface area contributed by atoms with Crippen molar-refractivity contribution in [3.8, 4) is 0 Å². The minimum atomic E-state index is 0.122. The van der Waals surface area contributed by atoms with Gasteiger partial charge in [-0.3, -0.25) is 4.79 Å². The van der Waals surface area contributed by atoms with Crippen LogP contribution in [0.15, 0.2) is 0 Å². The molecular weight excluding hydrogens is 244 g/mol. The minimum absolute atomic E-state index is 0.122. The first-order valence-electron chi connectivity index (χ1n) is 7.16. The molecule has 2 fully saturated rings. The number of thioether (sulfide) groups is 1. The topological polar surface area (TPSA) is 55.1 Å². The van der Waals surface area contributed by atoms with E-state index in [0.717, 1.165) is 18.6 Å². The zero-order chi connectivity index (χ0) is 13.1. The van der Waals surface area contributed by atoms with E-state index < -0.39 is 0 Å². The van der Waals surface area contributed by atoms with Crippen LogP contribution < -0.4 is 11.1 Å². The van der Waals surface area contributed by atoms with Crippen LogP contribution in [0.25, 0.3) is 0 Å². The number of fused-ring (bicyclic) bond motifs is 2. The zero-order valence-electron chi connectivity index (χ0n) is 11.5. The molecular formula is C14H26N2OS. The van der Waals surface area contributed by atoms with Crippen LogP contribution in [-0.2, 0) is 4.79 Å². The van der Waals surface area contributed by atoms with E-state index >= 15 is 0 Å². The summed E-state index contributed by atoms with van der Waals surface area (Å²) in [7, 11) is 0. The molecule has 0 aromatic heterocycles. The highest BCUT2D eigenvalue weighted by atomic mass is 32.2. The number of rotatable bonds is 4. The predicted octanol–water partition coefficient (Wildman–Crippen LogP) is 2.01. The SMILES string of the molecule is CSCC(C)C(=O)NC1C2CCCC1CC(N)C2. The number of carbonyl (C=O) groups excluding carboxylic acids is 1. The molecule has 3 nitrogen and oxygen atoms in total. The summed E-state index contributed by atoms with van der Waals surface area (Å²) in [5.41, 5.74) is 6.11. The lowest BCUT2D eigenvalue weighted by atomic mass is 9.67. The third-order valence-corrected chi connectivity index (χ3v) is 5.38. The fraction of sp³-hybridized carbons (Fsp3) is 0.929. The van der Waals surface area contributed by atoms with Gasteiger partial charge in [0.1, 0.15) is 0 Å². The molecule has 0 spiro atoms. The molecule has 2 aliphatic carbocycles. The standard InChI is InChI=1S/C14H26N2OS/c1-9(8-18-2)14(17)16-13-10-4-3-5-11(13)7-12(15)6-10/h9-13H,3-8,15H2,1-2H3,(H,16,17). The second-order valence-electron chi connectivity index (χ2n) is 6.07. The summed E-state index contributed by atoms with van der Waals surface area (Å²) in [5.74, 6) is 2.52. The van der Waals surface area contributed by atoms with Gasteiger partial charge in [0.2, 0.25) is 5.91 Å². The lowest BCUT2D eigenvalue weighted by Crippen LogP contribution is -2.54. The number of hydrogen-bond donors (Lipinski definition) is 2. The number of amides is 1. The van der Waals surface area contributed by atoms with Crippen LogP contribution in [0.3, 0.4) is 0 Å². The van der Waals surface area contributed by atoms with Gasteiger partial charge in [-0.15, -0.1) is 0 Å². The van der Waals surface area contributed by atoms with Crippen LogP contribution in [0, 0.1) is 17.8 Å². The molecule has 0 aromatic rings. The fourth-order valence-corrected chi connectivity index (χ4v) is 4.31. The smallest absolute Gasteiger partial charge is 0.223 e. The summed E-state index contributed by atoms with van der Waals surface area (Å²) in [5, 5.41) is 3.32. The summed E-state index contributed by atoms with van der Waals surface area (Å²) in [6, 6.07) is 0.757. The van der Waals surface area contributed by atoms with Crippen molar-refractivity contribution in [3.63, 3.8) is 0 Å². The summed E-state index contributed by atoms with van der Waals surface area (Å²) < 4.78 is 0. The number of nitrogens with two attached hydrogens (primary N) is 1. The van der Waals surface area contributed by atoms with Crippen LogP contribution >= 0.6 is 11.8 Å². The number of nitrogens with one attached hydrogen (secondary N) is 1. The van der Waals surface area contributed by atoms with E-state index in [0.29, 0.717) is 23.9 Å². The van der Waals surface area contributed by atoms with Gasteiger partial charge in [0.25, 0.3) is 0 Å². The molecule has 3 N–H and O–H groups in total. The van der Waals surface area contributed by atoms with Crippen LogP contribution in [0.4, 0.5) is 0 Å². The maximum Gasteiger partial charge on any atom is 0.223 e. The minimum Gasteiger partial charge on any atom is -0.353 e. The van der Waals surface area contributed by atoms with Gasteiger partial charge < -0.3 is 11.1 Å². The van der Waals surface area contributed by atoms with Crippen LogP contribution in [0.2, 0.25) is 0 Å². The normalized spacial score (nSPS) is 37.1. The average Bonchev–Trinajstić information content (AvgIpc) is 2.30. The van der Waals surface area contributed by atoms with E-state index in [9.17, 15) is 4.79 Å². The van der Waals surface area contributed by atoms with Crippen LogP contribution in [0.5, 0.6) is 0 Å². The van der Waals surface area contributed by atoms with E-state index in [1.807, 2.05) is 6.92 Å². The molecule has 0 heterocycles. The molecule has 1 amide bonds. The summed E-state index contributed by atoms with van der Waals surface area (Å²) in [4.78, 5) is 12.2. The van der Waals surface area contributed by atoms with Gasteiger partial charge in [-0.2, -0.15) is 11.8 Å². The molecule has 2 aliphatic rings. The van der Waals surface area contributed by atoms with E-state index in [4.69, 9.17) is 5.73 Å². The molecule has 0 aromatic carbocycles. The van der Waals surface area contributed by atoms with Crippen molar-refractivity contribution in [1.29, 1.82) is 0 Å². The fourth-order valence-electron chi connectivity index (χ4n) is 3.66. The Morgan fingerprint density at radius 3 is 2.56 bits per heavy atom. The molecule has 2 saturated carbocycles. The average molecular weight is 270 g/mol. The van der Waals surface area contributed by atoms with Crippen molar-refractivity contribution >= 4 is 17.7 Å². The van der Waals surface area contributed by atoms with Crippen LogP contribution in [0.1, 0.15) is 39.0 Å². The molecule has 18 heavy (non-hydrogen) atoms. The molecule has 0 aliphatic heterocycles. The summed E-state index contributed by atoms with van der Waals surface area (Å²) >= 11 is 1.74. The molecule has 4 heteroatoms. The van der Waals surface area contributed by atoms with Gasteiger partial charge in [-0.25, -0.2) is 0 Å². The highest BCUT2D eigenvalue weighted by Gasteiger charge is 2.40. The first-order valence-corrected chi connectivity index (χ1v) is 8.56. The highest BCUT2D eigenvalue weighted by Crippen LogP contribution is 2.39. The summed E-state index contributed by atoms with van der Waals surface area (Å²) in [6.45, 7) is 2.02. The van der Waals surface area contributed by atoms with Gasteiger partial charge in [-0.05, 0) is 43.8 Å². The Labute approximate surface area is 115 Å². The lowest BCUT2D eigenvalue weighted by molar-refractivity contribution is -0.126. The second kappa shape index (κ2) is 6.29. The van der Waals surface area contributed by atoms with Crippen molar-refractivity contribution < 1.29 is 4.79 Å². The quantitative estimate of drug-likeness (QED) is 0.821. The van der Waals surface area contributed by atoms with Gasteiger partial charge in [0.05, 0.1) is 0 Å². The zero-order valence-corrected chi connectivity index (χ0v) is 12.3. The Balaban J connectivity index is 1.94. The van der Waals surface area contributed by atoms with Gasteiger partial charge in [-0.1, -0.05) is 13.3 Å². The van der Waals surface area contributed by atoms with Crippen molar-refractivity contribution in [1.82, 2.24) is 5.32 Å². The van der Waals surface area contributed by atoms with E-state index in [1.165, 1.54) is 19.3 Å². The molecule has 3 unspecified atom stereocenters. The first kappa shape index (κ1) is 14.2. The Morgan fingerprint density at radius 1 is 1.39 bits per heavy atom. The van der Waals surface area contributed by atoms with Gasteiger partial charge in [0, 0.05) is 23.8 Å². The molecule has 2 rings (SSSR count). The maximum absolute atomic E-state index is 12.2. The number of carbonyl (C=O) groups is 1. The van der Waals surface area contributed by atoms with Crippen molar-refractivity contribution in [3.05, 3.63) is 0 Å². The van der Waals surface area contributed by atoms with E-state index in [1.54, 1.807) is 11.8 Å². The van der Waals surface area contributed by atoms with Crippen molar-refractivity contribution in [2.45, 2.75) is 51.1 Å². The molecule has 3 atom stereocenters. The molecule has 0 saturated heterocycles. The summed E-state index contributed by atoms with van der Waals surface area (Å²) in [6.07, 6.45) is 8.04. The second-order valence-corrected chi connectivity index (χ2v) is 6.98. The first-order chi connectivity index (χ1) is 8.61. The Kier molecular flexibility index (Phi) is 4.96. The highest BCUT2D eigenvalue weighted by molar-refractivity contribution is 7.98. The Morgan fingerprint density at radius 2 is 2.00 bits per heavy atom. The monoisotopic (exact) mass is 270 g/mol. The maximum atomic E-state index is 12.2. The Hall–Kier alpha value is -0.220. The van der Waals surface area contributed by atoms with Gasteiger partial charge in [0.15, 0.2) is 0 Å². The van der Waals surface area contributed by atoms with E-state index in [-0.39, 0.29) is 11.8 Å². The lowest BCUT2D eigenvalue weighted by Gasteiger charge is -2.45. The third kappa shape index (κ3) is 3.21. The Bertz CT molecular complexity index is 284. The largest absolute Gasteiger partial charge is 0.353 e. The third-order valence-electron chi connectivity index (χ3n) is 4.55. The van der Waals surface area contributed by atoms with Crippen LogP contribution in [-0.4, -0.2) is 30.0 Å². The predicted molar refractivity (Wildman–Crippen MR) is 77.5 cm³/mol. The molecule has 0 radical (unpaired) electrons. The van der Waals surface area contributed by atoms with E-state index in [2.05, 4.69) is 11.6 Å². The number of hydrogen-bond acceptors (Lipinski definition) is 3. The van der Waals surface area contributed by atoms with Gasteiger partial charge >= 0.3 is 0 Å².